The lowest BCUT2D eigenvalue weighted by Crippen LogP contribution is -2.61. The van der Waals surface area contributed by atoms with Gasteiger partial charge in [-0.05, 0) is 44.1 Å². The van der Waals surface area contributed by atoms with Crippen LogP contribution in [0.5, 0.6) is 0 Å². The highest BCUT2D eigenvalue weighted by atomic mass is 32.2. The molecule has 0 aromatic rings. The number of carboxylic acid groups (broad SMARTS) is 4. The van der Waals surface area contributed by atoms with Gasteiger partial charge in [-0.2, -0.15) is 11.8 Å². The van der Waals surface area contributed by atoms with E-state index in [-0.39, 0.29) is 18.6 Å². The molecule has 0 aromatic heterocycles. The fourth-order valence-electron chi connectivity index (χ4n) is 4.61. The number of rotatable bonds is 27. The molecule has 8 atom stereocenters. The molecule has 0 aliphatic carbocycles. The van der Waals surface area contributed by atoms with Crippen LogP contribution in [0.25, 0.3) is 0 Å². The Balaban J connectivity index is 6.42. The van der Waals surface area contributed by atoms with E-state index in [2.05, 4.69) is 31.9 Å². The quantitative estimate of drug-likeness (QED) is 0.0381. The van der Waals surface area contributed by atoms with E-state index in [9.17, 15) is 68.4 Å². The van der Waals surface area contributed by atoms with E-state index in [4.69, 9.17) is 10.8 Å². The second-order valence-electron chi connectivity index (χ2n) is 12.2. The normalized spacial score (nSPS) is 15.3. The number of nitrogens with one attached hydrogen (secondary N) is 6. The van der Waals surface area contributed by atoms with Gasteiger partial charge in [-0.25, -0.2) is 4.79 Å². The molecule has 0 saturated carbocycles. The van der Waals surface area contributed by atoms with Crippen LogP contribution in [0, 0.1) is 5.92 Å². The molecule has 22 nitrogen and oxygen atoms in total. The van der Waals surface area contributed by atoms with Gasteiger partial charge in [-0.1, -0.05) is 20.3 Å². The van der Waals surface area contributed by atoms with Crippen LogP contribution < -0.4 is 37.6 Å². The number of amides is 6. The molecule has 0 rings (SSSR count). The molecule has 54 heavy (non-hydrogen) atoms. The van der Waals surface area contributed by atoms with Crippen LogP contribution in [0.4, 0.5) is 0 Å². The Morgan fingerprint density at radius 3 is 1.41 bits per heavy atom. The Bertz CT molecular complexity index is 1370. The van der Waals surface area contributed by atoms with Gasteiger partial charge in [0.25, 0.3) is 0 Å². The standard InChI is InChI=1S/C31H51N7O15S/c1-5-14(2)24(29(50)35-18(10-11-54-4)27(48)36-19(31(52)53)12-23(45)46)38-28(49)17(7-9-22(43)44)33-26(47)16(6-8-21(41)42)34-30(51)25(15(3)39)37-20(40)13-32/h14-19,24-25,39H,5-13,32H2,1-4H3,(H,33,47)(H,34,51)(H,35,50)(H,36,48)(H,37,40)(H,38,49)(H,41,42)(H,43,44)(H,45,46)(H,52,53)/t14-,15+,16-,17-,18-,19-,24-,25-/m0/s1. The van der Waals surface area contributed by atoms with Crippen LogP contribution in [-0.4, -0.2) is 146 Å². The summed E-state index contributed by atoms with van der Waals surface area (Å²) in [6, 6.07) is -9.64. The summed E-state index contributed by atoms with van der Waals surface area (Å²) in [5.41, 5.74) is 5.25. The van der Waals surface area contributed by atoms with Gasteiger partial charge in [-0.3, -0.25) is 43.2 Å². The molecule has 0 aliphatic heterocycles. The first kappa shape index (κ1) is 49.0. The first-order valence-electron chi connectivity index (χ1n) is 16.7. The zero-order valence-corrected chi connectivity index (χ0v) is 31.1. The largest absolute Gasteiger partial charge is 0.481 e. The highest BCUT2D eigenvalue weighted by molar-refractivity contribution is 7.98. The molecule has 0 spiro atoms. The lowest BCUT2D eigenvalue weighted by molar-refractivity contribution is -0.147. The minimum Gasteiger partial charge on any atom is -0.481 e. The maximum Gasteiger partial charge on any atom is 0.326 e. The zero-order chi connectivity index (χ0) is 41.7. The molecule has 0 aromatic carbocycles. The van der Waals surface area contributed by atoms with Crippen molar-refractivity contribution in [2.24, 2.45) is 11.7 Å². The Labute approximate surface area is 314 Å². The number of carbonyl (C=O) groups excluding carboxylic acids is 6. The summed E-state index contributed by atoms with van der Waals surface area (Å²) in [6.45, 7) is 3.81. The van der Waals surface area contributed by atoms with Crippen molar-refractivity contribution in [3.8, 4) is 0 Å². The average molecular weight is 794 g/mol. The lowest BCUT2D eigenvalue weighted by Gasteiger charge is -2.29. The molecular formula is C31H51N7O15S. The first-order valence-corrected chi connectivity index (χ1v) is 18.1. The van der Waals surface area contributed by atoms with E-state index in [0.717, 1.165) is 6.92 Å². The third-order valence-corrected chi connectivity index (χ3v) is 8.50. The van der Waals surface area contributed by atoms with Crippen molar-refractivity contribution in [2.75, 3.05) is 18.6 Å². The molecule has 0 aliphatic rings. The molecule has 0 radical (unpaired) electrons. The van der Waals surface area contributed by atoms with Crippen LogP contribution in [0.3, 0.4) is 0 Å². The first-order chi connectivity index (χ1) is 25.2. The van der Waals surface area contributed by atoms with E-state index in [1.54, 1.807) is 20.1 Å². The Morgan fingerprint density at radius 1 is 0.593 bits per heavy atom. The monoisotopic (exact) mass is 793 g/mol. The second kappa shape index (κ2) is 25.1. The number of aliphatic carboxylic acids is 4. The van der Waals surface area contributed by atoms with Crippen LogP contribution in [-0.2, 0) is 47.9 Å². The summed E-state index contributed by atoms with van der Waals surface area (Å²) in [5, 5.41) is 60.5. The van der Waals surface area contributed by atoms with E-state index >= 15 is 0 Å². The van der Waals surface area contributed by atoms with Gasteiger partial charge < -0.3 is 63.2 Å². The van der Waals surface area contributed by atoms with E-state index in [1.165, 1.54) is 11.8 Å². The maximum atomic E-state index is 13.6. The van der Waals surface area contributed by atoms with Crippen molar-refractivity contribution >= 4 is 71.1 Å². The molecule has 306 valence electrons. The minimum atomic E-state index is -1.82. The molecule has 0 bridgehead atoms. The number of hydrogen-bond acceptors (Lipinski definition) is 13. The molecule has 13 N–H and O–H groups in total. The Morgan fingerprint density at radius 2 is 1.02 bits per heavy atom. The van der Waals surface area contributed by atoms with Gasteiger partial charge in [0, 0.05) is 12.8 Å². The summed E-state index contributed by atoms with van der Waals surface area (Å²) in [6.07, 6.45) is -3.00. The van der Waals surface area contributed by atoms with Crippen molar-refractivity contribution in [3.05, 3.63) is 0 Å². The van der Waals surface area contributed by atoms with Crippen LogP contribution in [0.1, 0.15) is 65.7 Å². The van der Waals surface area contributed by atoms with E-state index in [1.807, 2.05) is 0 Å². The van der Waals surface area contributed by atoms with Crippen LogP contribution in [0.2, 0.25) is 0 Å². The van der Waals surface area contributed by atoms with E-state index < -0.39 is 146 Å². The van der Waals surface area contributed by atoms with Crippen molar-refractivity contribution in [1.82, 2.24) is 31.9 Å². The SMILES string of the molecule is CC[C@H](C)[C@H](NC(=O)[C@H](CCC(=O)O)NC(=O)[C@H](CCC(=O)O)NC(=O)[C@@H](NC(=O)CN)[C@@H](C)O)C(=O)N[C@@H](CCSC)C(=O)N[C@@H](CC(=O)O)C(=O)O. The van der Waals surface area contributed by atoms with E-state index in [0.29, 0.717) is 0 Å². The van der Waals surface area contributed by atoms with Crippen LogP contribution in [0.15, 0.2) is 0 Å². The fraction of sp³-hybridized carbons (Fsp3) is 0.677. The van der Waals surface area contributed by atoms with Gasteiger partial charge in [-0.15, -0.1) is 0 Å². The molecule has 0 unspecified atom stereocenters. The third kappa shape index (κ3) is 18.6. The van der Waals surface area contributed by atoms with Gasteiger partial charge >= 0.3 is 23.9 Å². The molecule has 0 saturated heterocycles. The van der Waals surface area contributed by atoms with Crippen molar-refractivity contribution in [1.29, 1.82) is 0 Å². The zero-order valence-electron chi connectivity index (χ0n) is 30.3. The minimum absolute atomic E-state index is 0.0358. The lowest BCUT2D eigenvalue weighted by atomic mass is 9.96. The van der Waals surface area contributed by atoms with Crippen molar-refractivity contribution < 1.29 is 73.5 Å². The molecule has 6 amide bonds. The van der Waals surface area contributed by atoms with Gasteiger partial charge in [0.05, 0.1) is 19.1 Å². The summed E-state index contributed by atoms with van der Waals surface area (Å²) in [5.74, 6) is -12.4. The van der Waals surface area contributed by atoms with Crippen molar-refractivity contribution in [2.45, 2.75) is 108 Å². The smallest absolute Gasteiger partial charge is 0.326 e. The summed E-state index contributed by atoms with van der Waals surface area (Å²) < 4.78 is 0. The second-order valence-corrected chi connectivity index (χ2v) is 13.2. The number of nitrogens with two attached hydrogens (primary N) is 1. The summed E-state index contributed by atoms with van der Waals surface area (Å²) >= 11 is 1.28. The predicted molar refractivity (Wildman–Crippen MR) is 188 cm³/mol. The highest BCUT2D eigenvalue weighted by Gasteiger charge is 2.36. The average Bonchev–Trinajstić information content (AvgIpc) is 3.09. The number of thioether (sulfide) groups is 1. The van der Waals surface area contributed by atoms with Crippen LogP contribution >= 0.6 is 11.8 Å². The van der Waals surface area contributed by atoms with Gasteiger partial charge in [0.2, 0.25) is 35.4 Å². The molecular weight excluding hydrogens is 742 g/mol. The maximum absolute atomic E-state index is 13.6. The third-order valence-electron chi connectivity index (χ3n) is 7.86. The summed E-state index contributed by atoms with van der Waals surface area (Å²) in [4.78, 5) is 124. The predicted octanol–water partition coefficient (Wildman–Crippen LogP) is -3.68. The topological polar surface area (TPSA) is 370 Å². The fourth-order valence-corrected chi connectivity index (χ4v) is 5.08. The molecule has 0 heterocycles. The Hall–Kier alpha value is -5.03. The molecule has 23 heteroatoms. The molecule has 0 fully saturated rings. The summed E-state index contributed by atoms with van der Waals surface area (Å²) in [7, 11) is 0. The Kier molecular flexibility index (Phi) is 22.7. The highest BCUT2D eigenvalue weighted by Crippen LogP contribution is 2.12. The number of aliphatic hydroxyl groups is 1. The number of hydrogen-bond donors (Lipinski definition) is 12. The van der Waals surface area contributed by atoms with Gasteiger partial charge in [0.15, 0.2) is 0 Å². The number of carbonyl (C=O) groups is 10. The van der Waals surface area contributed by atoms with Gasteiger partial charge in [0.1, 0.15) is 36.3 Å². The number of carboxylic acids is 4. The number of aliphatic hydroxyl groups excluding tert-OH is 1. The van der Waals surface area contributed by atoms with Crippen molar-refractivity contribution in [3.63, 3.8) is 0 Å².